The van der Waals surface area contributed by atoms with Crippen molar-refractivity contribution in [3.63, 3.8) is 0 Å². The zero-order valence-electron chi connectivity index (χ0n) is 13.1. The molecule has 112 valence electrons. The van der Waals surface area contributed by atoms with E-state index in [4.69, 9.17) is 10.5 Å². The summed E-state index contributed by atoms with van der Waals surface area (Å²) in [6.45, 7) is 7.24. The second-order valence-electron chi connectivity index (χ2n) is 6.53. The van der Waals surface area contributed by atoms with E-state index in [0.29, 0.717) is 12.5 Å². The lowest BCUT2D eigenvalue weighted by Crippen LogP contribution is -2.33. The zero-order chi connectivity index (χ0) is 14.6. The van der Waals surface area contributed by atoms with Crippen LogP contribution in [0.15, 0.2) is 18.5 Å². The summed E-state index contributed by atoms with van der Waals surface area (Å²) in [6, 6.07) is 2.14. The van der Waals surface area contributed by atoms with Crippen LogP contribution in [-0.4, -0.2) is 11.6 Å². The number of nitrogens with zero attached hydrogens (tertiary/aromatic N) is 1. The highest BCUT2D eigenvalue weighted by Crippen LogP contribution is 2.50. The van der Waals surface area contributed by atoms with Gasteiger partial charge in [-0.25, -0.2) is 0 Å². The molecule has 0 aliphatic heterocycles. The van der Waals surface area contributed by atoms with Gasteiger partial charge in [0.1, 0.15) is 5.75 Å². The van der Waals surface area contributed by atoms with Crippen molar-refractivity contribution in [2.75, 3.05) is 6.61 Å². The molecule has 1 aromatic heterocycles. The highest BCUT2D eigenvalue weighted by Gasteiger charge is 2.40. The van der Waals surface area contributed by atoms with Gasteiger partial charge in [0.25, 0.3) is 0 Å². The minimum Gasteiger partial charge on any atom is -0.492 e. The SMILES string of the molecule is CCOc1cncc(C(N)C2(CC(C)C)CCCC2)c1. The summed E-state index contributed by atoms with van der Waals surface area (Å²) in [4.78, 5) is 4.30. The fourth-order valence-electron chi connectivity index (χ4n) is 3.74. The van der Waals surface area contributed by atoms with Crippen LogP contribution in [0.5, 0.6) is 5.75 Å². The van der Waals surface area contributed by atoms with Gasteiger partial charge in [0.15, 0.2) is 0 Å². The van der Waals surface area contributed by atoms with Crippen LogP contribution >= 0.6 is 0 Å². The molecule has 1 heterocycles. The fraction of sp³-hybridized carbons (Fsp3) is 0.706. The first kappa shape index (κ1) is 15.3. The molecule has 0 radical (unpaired) electrons. The second-order valence-corrected chi connectivity index (χ2v) is 6.53. The molecule has 1 aromatic rings. The minimum absolute atomic E-state index is 0.0697. The van der Waals surface area contributed by atoms with Crippen LogP contribution in [0.1, 0.15) is 64.5 Å². The van der Waals surface area contributed by atoms with Gasteiger partial charge in [-0.3, -0.25) is 4.98 Å². The third-order valence-electron chi connectivity index (χ3n) is 4.48. The number of ether oxygens (including phenoxy) is 1. The third kappa shape index (κ3) is 3.32. The Morgan fingerprint density at radius 1 is 1.30 bits per heavy atom. The molecule has 1 saturated carbocycles. The molecule has 1 aliphatic carbocycles. The molecule has 2 N–H and O–H groups in total. The highest BCUT2D eigenvalue weighted by atomic mass is 16.5. The van der Waals surface area contributed by atoms with E-state index in [1.165, 1.54) is 32.1 Å². The average Bonchev–Trinajstić information content (AvgIpc) is 2.87. The summed E-state index contributed by atoms with van der Waals surface area (Å²) in [6.07, 6.45) is 9.97. The Kier molecular flexibility index (Phi) is 5.03. The maximum Gasteiger partial charge on any atom is 0.137 e. The van der Waals surface area contributed by atoms with Crippen molar-refractivity contribution < 1.29 is 4.74 Å². The topological polar surface area (TPSA) is 48.1 Å². The molecule has 0 spiro atoms. The molecule has 1 atom stereocenters. The fourth-order valence-corrected chi connectivity index (χ4v) is 3.74. The Labute approximate surface area is 122 Å². The van der Waals surface area contributed by atoms with Crippen molar-refractivity contribution in [1.29, 1.82) is 0 Å². The second kappa shape index (κ2) is 6.57. The van der Waals surface area contributed by atoms with Gasteiger partial charge >= 0.3 is 0 Å². The van der Waals surface area contributed by atoms with Crippen molar-refractivity contribution >= 4 is 0 Å². The van der Waals surface area contributed by atoms with Gasteiger partial charge in [0.2, 0.25) is 0 Å². The number of pyridine rings is 1. The average molecular weight is 276 g/mol. The summed E-state index contributed by atoms with van der Waals surface area (Å²) in [5.74, 6) is 1.51. The Bertz CT molecular complexity index is 425. The Morgan fingerprint density at radius 3 is 2.60 bits per heavy atom. The quantitative estimate of drug-likeness (QED) is 0.851. The molecule has 20 heavy (non-hydrogen) atoms. The maximum atomic E-state index is 6.65. The van der Waals surface area contributed by atoms with Crippen molar-refractivity contribution in [3.05, 3.63) is 24.0 Å². The Morgan fingerprint density at radius 2 is 2.00 bits per heavy atom. The zero-order valence-corrected chi connectivity index (χ0v) is 13.1. The predicted octanol–water partition coefficient (Wildman–Crippen LogP) is 4.09. The van der Waals surface area contributed by atoms with Gasteiger partial charge < -0.3 is 10.5 Å². The highest BCUT2D eigenvalue weighted by molar-refractivity contribution is 5.27. The van der Waals surface area contributed by atoms with Crippen molar-refractivity contribution in [1.82, 2.24) is 4.98 Å². The van der Waals surface area contributed by atoms with Gasteiger partial charge in [-0.05, 0) is 49.1 Å². The summed E-state index contributed by atoms with van der Waals surface area (Å²) in [5, 5.41) is 0. The predicted molar refractivity (Wildman–Crippen MR) is 82.7 cm³/mol. The number of aromatic nitrogens is 1. The molecule has 1 aliphatic rings. The van der Waals surface area contributed by atoms with E-state index in [-0.39, 0.29) is 11.5 Å². The van der Waals surface area contributed by atoms with Gasteiger partial charge in [0, 0.05) is 12.2 Å². The number of hydrogen-bond acceptors (Lipinski definition) is 3. The molecule has 3 nitrogen and oxygen atoms in total. The summed E-state index contributed by atoms with van der Waals surface area (Å²) < 4.78 is 5.56. The first-order valence-electron chi connectivity index (χ1n) is 7.91. The first-order chi connectivity index (χ1) is 9.57. The molecule has 0 aromatic carbocycles. The van der Waals surface area contributed by atoms with E-state index in [1.807, 2.05) is 13.1 Å². The van der Waals surface area contributed by atoms with Gasteiger partial charge in [0.05, 0.1) is 12.8 Å². The van der Waals surface area contributed by atoms with Crippen LogP contribution in [0.4, 0.5) is 0 Å². The van der Waals surface area contributed by atoms with Crippen LogP contribution in [0, 0.1) is 11.3 Å². The van der Waals surface area contributed by atoms with Crippen LogP contribution in [0.3, 0.4) is 0 Å². The maximum absolute atomic E-state index is 6.65. The van der Waals surface area contributed by atoms with Crippen LogP contribution < -0.4 is 10.5 Å². The number of nitrogens with two attached hydrogens (primary N) is 1. The van der Waals surface area contributed by atoms with E-state index < -0.39 is 0 Å². The lowest BCUT2D eigenvalue weighted by molar-refractivity contribution is 0.183. The summed E-state index contributed by atoms with van der Waals surface area (Å²) in [7, 11) is 0. The smallest absolute Gasteiger partial charge is 0.137 e. The van der Waals surface area contributed by atoms with Crippen LogP contribution in [0.25, 0.3) is 0 Å². The standard InChI is InChI=1S/C17H28N2O/c1-4-20-15-9-14(11-19-12-15)16(18)17(10-13(2)3)7-5-6-8-17/h9,11-13,16H,4-8,10,18H2,1-3H3. The van der Waals surface area contributed by atoms with E-state index in [9.17, 15) is 0 Å². The molecule has 0 bridgehead atoms. The Hall–Kier alpha value is -1.09. The molecule has 2 rings (SSSR count). The van der Waals surface area contributed by atoms with Crippen LogP contribution in [-0.2, 0) is 0 Å². The Balaban J connectivity index is 2.23. The molecule has 0 saturated heterocycles. The lowest BCUT2D eigenvalue weighted by atomic mass is 9.71. The van der Waals surface area contributed by atoms with Gasteiger partial charge in [-0.2, -0.15) is 0 Å². The van der Waals surface area contributed by atoms with Crippen molar-refractivity contribution in [3.8, 4) is 5.75 Å². The normalized spacial score (nSPS) is 19.2. The largest absolute Gasteiger partial charge is 0.492 e. The lowest BCUT2D eigenvalue weighted by Gasteiger charge is -2.37. The monoisotopic (exact) mass is 276 g/mol. The van der Waals surface area contributed by atoms with E-state index in [0.717, 1.165) is 11.3 Å². The van der Waals surface area contributed by atoms with E-state index >= 15 is 0 Å². The van der Waals surface area contributed by atoms with Crippen LogP contribution in [0.2, 0.25) is 0 Å². The third-order valence-corrected chi connectivity index (χ3v) is 4.48. The number of rotatable bonds is 6. The molecule has 0 amide bonds. The molecule has 1 fully saturated rings. The van der Waals surface area contributed by atoms with Gasteiger partial charge in [-0.15, -0.1) is 0 Å². The van der Waals surface area contributed by atoms with Crippen molar-refractivity contribution in [2.24, 2.45) is 17.1 Å². The minimum atomic E-state index is 0.0697. The molecular weight excluding hydrogens is 248 g/mol. The van der Waals surface area contributed by atoms with E-state index in [1.54, 1.807) is 6.20 Å². The van der Waals surface area contributed by atoms with E-state index in [2.05, 4.69) is 24.9 Å². The molecular formula is C17H28N2O. The summed E-state index contributed by atoms with van der Waals surface area (Å²) in [5.41, 5.74) is 8.03. The molecule has 3 heteroatoms. The summed E-state index contributed by atoms with van der Waals surface area (Å²) >= 11 is 0. The van der Waals surface area contributed by atoms with Crippen molar-refractivity contribution in [2.45, 2.75) is 58.9 Å². The first-order valence-corrected chi connectivity index (χ1v) is 7.91. The van der Waals surface area contributed by atoms with Gasteiger partial charge in [-0.1, -0.05) is 26.7 Å². The number of hydrogen-bond donors (Lipinski definition) is 1. The molecule has 1 unspecified atom stereocenters.